The van der Waals surface area contributed by atoms with Gasteiger partial charge in [-0.3, -0.25) is 14.6 Å². The fraction of sp³-hybridized carbons (Fsp3) is 0.857. The molecule has 2 fully saturated rings. The van der Waals surface area contributed by atoms with Crippen molar-refractivity contribution >= 4 is 11.9 Å². The smallest absolute Gasteiger partial charge is 0.324 e. The quantitative estimate of drug-likeness (QED) is 0.784. The van der Waals surface area contributed by atoms with Crippen molar-refractivity contribution in [3.05, 3.63) is 0 Å². The third-order valence-electron chi connectivity index (χ3n) is 4.24. The molecule has 2 saturated heterocycles. The fourth-order valence-electron chi connectivity index (χ4n) is 3.13. The summed E-state index contributed by atoms with van der Waals surface area (Å²) in [5.74, 6) is 0.514. The van der Waals surface area contributed by atoms with E-state index in [2.05, 4.69) is 24.1 Å². The van der Waals surface area contributed by atoms with Gasteiger partial charge in [-0.25, -0.2) is 4.79 Å². The molecule has 5 heteroatoms. The lowest BCUT2D eigenvalue weighted by atomic mass is 10.0. The summed E-state index contributed by atoms with van der Waals surface area (Å²) in [6.45, 7) is 10.3. The van der Waals surface area contributed by atoms with Crippen LogP contribution in [0.25, 0.3) is 0 Å². The number of hydrogen-bond donors (Lipinski definition) is 1. The highest BCUT2D eigenvalue weighted by Crippen LogP contribution is 2.24. The average molecular weight is 267 g/mol. The second-order valence-corrected chi connectivity index (χ2v) is 6.50. The summed E-state index contributed by atoms with van der Waals surface area (Å²) in [5.41, 5.74) is -0.750. The van der Waals surface area contributed by atoms with Gasteiger partial charge in [-0.05, 0) is 39.2 Å². The molecule has 0 aromatic rings. The SMILES string of the molecule is CC(C)[C@@H]1CCCN1CCN1C(=O)NC(C)(C)C1=O. The monoisotopic (exact) mass is 267 g/mol. The second-order valence-electron chi connectivity index (χ2n) is 6.50. The van der Waals surface area contributed by atoms with Crippen molar-refractivity contribution in [2.75, 3.05) is 19.6 Å². The molecule has 19 heavy (non-hydrogen) atoms. The Hall–Kier alpha value is -1.10. The third kappa shape index (κ3) is 2.76. The van der Waals surface area contributed by atoms with Gasteiger partial charge < -0.3 is 5.32 Å². The standard InChI is InChI=1S/C14H25N3O2/c1-10(2)11-6-5-7-16(11)8-9-17-12(18)14(3,4)15-13(17)19/h10-11H,5-9H2,1-4H3,(H,15,19)/t11-/m0/s1. The highest BCUT2D eigenvalue weighted by Gasteiger charge is 2.44. The zero-order valence-corrected chi connectivity index (χ0v) is 12.4. The van der Waals surface area contributed by atoms with Crippen LogP contribution in [0.5, 0.6) is 0 Å². The van der Waals surface area contributed by atoms with Crippen LogP contribution in [0.15, 0.2) is 0 Å². The van der Waals surface area contributed by atoms with E-state index in [1.807, 2.05) is 0 Å². The zero-order valence-electron chi connectivity index (χ0n) is 12.4. The highest BCUT2D eigenvalue weighted by atomic mass is 16.2. The summed E-state index contributed by atoms with van der Waals surface area (Å²) < 4.78 is 0. The van der Waals surface area contributed by atoms with E-state index in [1.54, 1.807) is 13.8 Å². The summed E-state index contributed by atoms with van der Waals surface area (Å²) in [6, 6.07) is 0.337. The topological polar surface area (TPSA) is 52.6 Å². The van der Waals surface area contributed by atoms with E-state index < -0.39 is 5.54 Å². The van der Waals surface area contributed by atoms with Crippen molar-refractivity contribution < 1.29 is 9.59 Å². The van der Waals surface area contributed by atoms with Gasteiger partial charge in [-0.1, -0.05) is 13.8 Å². The molecule has 2 heterocycles. The van der Waals surface area contributed by atoms with Gasteiger partial charge in [0.25, 0.3) is 5.91 Å². The molecule has 0 aromatic heterocycles. The lowest BCUT2D eigenvalue weighted by Crippen LogP contribution is -2.43. The number of nitrogens with zero attached hydrogens (tertiary/aromatic N) is 2. The Morgan fingerprint density at radius 2 is 2.00 bits per heavy atom. The molecule has 0 saturated carbocycles. The summed E-state index contributed by atoms with van der Waals surface area (Å²) in [6.07, 6.45) is 2.44. The minimum absolute atomic E-state index is 0.113. The van der Waals surface area contributed by atoms with Gasteiger partial charge in [0.2, 0.25) is 0 Å². The van der Waals surface area contributed by atoms with Crippen LogP contribution in [0.4, 0.5) is 4.79 Å². The highest BCUT2D eigenvalue weighted by molar-refractivity contribution is 6.06. The normalized spacial score (nSPS) is 27.4. The van der Waals surface area contributed by atoms with Gasteiger partial charge >= 0.3 is 6.03 Å². The predicted octanol–water partition coefficient (Wildman–Crippen LogP) is 1.44. The molecule has 5 nitrogen and oxygen atoms in total. The van der Waals surface area contributed by atoms with Crippen molar-refractivity contribution in [1.82, 2.24) is 15.1 Å². The van der Waals surface area contributed by atoms with Crippen LogP contribution >= 0.6 is 0 Å². The van der Waals surface area contributed by atoms with Crippen LogP contribution in [0.2, 0.25) is 0 Å². The number of imide groups is 1. The largest absolute Gasteiger partial charge is 0.325 e. The first-order chi connectivity index (χ1) is 8.83. The minimum Gasteiger partial charge on any atom is -0.324 e. The van der Waals surface area contributed by atoms with Crippen molar-refractivity contribution in [3.63, 3.8) is 0 Å². The molecule has 0 unspecified atom stereocenters. The van der Waals surface area contributed by atoms with Crippen molar-refractivity contribution in [2.24, 2.45) is 5.92 Å². The van der Waals surface area contributed by atoms with Gasteiger partial charge in [-0.2, -0.15) is 0 Å². The first-order valence-corrected chi connectivity index (χ1v) is 7.21. The molecule has 0 spiro atoms. The maximum Gasteiger partial charge on any atom is 0.325 e. The summed E-state index contributed by atoms with van der Waals surface area (Å²) in [4.78, 5) is 27.6. The van der Waals surface area contributed by atoms with Crippen LogP contribution in [-0.4, -0.2) is 53.0 Å². The molecule has 2 rings (SSSR count). The van der Waals surface area contributed by atoms with Gasteiger partial charge in [0.05, 0.1) is 0 Å². The van der Waals surface area contributed by atoms with E-state index in [1.165, 1.54) is 17.7 Å². The minimum atomic E-state index is -0.750. The Balaban J connectivity index is 1.92. The molecular weight excluding hydrogens is 242 g/mol. The lowest BCUT2D eigenvalue weighted by Gasteiger charge is -2.28. The summed E-state index contributed by atoms with van der Waals surface area (Å²) >= 11 is 0. The van der Waals surface area contributed by atoms with Crippen molar-refractivity contribution in [1.29, 1.82) is 0 Å². The number of nitrogens with one attached hydrogen (secondary N) is 1. The molecular formula is C14H25N3O2. The van der Waals surface area contributed by atoms with Crippen LogP contribution in [0.1, 0.15) is 40.5 Å². The number of carbonyl (C=O) groups is 2. The summed E-state index contributed by atoms with van der Waals surface area (Å²) in [5, 5.41) is 2.72. The first-order valence-electron chi connectivity index (χ1n) is 7.21. The third-order valence-corrected chi connectivity index (χ3v) is 4.24. The predicted molar refractivity (Wildman–Crippen MR) is 73.8 cm³/mol. The van der Waals surface area contributed by atoms with Crippen LogP contribution in [0, 0.1) is 5.92 Å². The van der Waals surface area contributed by atoms with E-state index in [4.69, 9.17) is 0 Å². The first kappa shape index (κ1) is 14.3. The number of likely N-dealkylation sites (tertiary alicyclic amines) is 1. The maximum atomic E-state index is 12.1. The molecule has 0 radical (unpaired) electrons. The molecule has 1 atom stereocenters. The number of hydrogen-bond acceptors (Lipinski definition) is 3. The van der Waals surface area contributed by atoms with E-state index >= 15 is 0 Å². The Morgan fingerprint density at radius 3 is 2.53 bits per heavy atom. The van der Waals surface area contributed by atoms with Crippen LogP contribution in [0.3, 0.4) is 0 Å². The maximum absolute atomic E-state index is 12.1. The second kappa shape index (κ2) is 5.12. The van der Waals surface area contributed by atoms with Crippen molar-refractivity contribution in [3.8, 4) is 0 Å². The lowest BCUT2D eigenvalue weighted by molar-refractivity contribution is -0.130. The Bertz CT molecular complexity index is 379. The number of urea groups is 1. The molecule has 0 aliphatic carbocycles. The fourth-order valence-corrected chi connectivity index (χ4v) is 3.13. The van der Waals surface area contributed by atoms with Crippen LogP contribution < -0.4 is 5.32 Å². The number of rotatable bonds is 4. The van der Waals surface area contributed by atoms with Gasteiger partial charge in [0.15, 0.2) is 0 Å². The average Bonchev–Trinajstić information content (AvgIpc) is 2.82. The van der Waals surface area contributed by atoms with Gasteiger partial charge in [0.1, 0.15) is 5.54 Å². The molecule has 1 N–H and O–H groups in total. The van der Waals surface area contributed by atoms with Gasteiger partial charge in [-0.15, -0.1) is 0 Å². The zero-order chi connectivity index (χ0) is 14.2. The number of carbonyl (C=O) groups excluding carboxylic acids is 2. The van der Waals surface area contributed by atoms with Crippen molar-refractivity contribution in [2.45, 2.75) is 52.1 Å². The Labute approximate surface area is 115 Å². The van der Waals surface area contributed by atoms with E-state index in [9.17, 15) is 9.59 Å². The Morgan fingerprint density at radius 1 is 1.32 bits per heavy atom. The Kier molecular flexibility index (Phi) is 3.85. The molecule has 2 aliphatic rings. The molecule has 0 bridgehead atoms. The van der Waals surface area contributed by atoms with E-state index in [0.29, 0.717) is 18.5 Å². The van der Waals surface area contributed by atoms with E-state index in [-0.39, 0.29) is 11.9 Å². The van der Waals surface area contributed by atoms with E-state index in [0.717, 1.165) is 13.1 Å². The molecule has 108 valence electrons. The number of amides is 3. The molecule has 2 aliphatic heterocycles. The molecule has 3 amide bonds. The van der Waals surface area contributed by atoms with Crippen LogP contribution in [-0.2, 0) is 4.79 Å². The van der Waals surface area contributed by atoms with Gasteiger partial charge in [0, 0.05) is 19.1 Å². The molecule has 0 aromatic carbocycles. The summed E-state index contributed by atoms with van der Waals surface area (Å²) in [7, 11) is 0.